The second kappa shape index (κ2) is 3.08. The molecule has 0 aromatic rings. The fourth-order valence-corrected chi connectivity index (χ4v) is 1.98. The van der Waals surface area contributed by atoms with Crippen molar-refractivity contribution in [1.82, 2.24) is 0 Å². The first-order chi connectivity index (χ1) is 6.09. The number of hydrogen-bond donors (Lipinski definition) is 1. The number of aliphatic hydroxyl groups excluding tert-OH is 1. The standard InChI is InChI=1S/C8H9BrO4/c1-3(10)12-5-2-4(9)6(11)8-7(5)13-8/h2,5-8,11H,1H3/t5-,6+,7-,8+/m0/s1. The topological polar surface area (TPSA) is 59.1 Å². The van der Waals surface area contributed by atoms with Crippen LogP contribution in [0.25, 0.3) is 0 Å². The van der Waals surface area contributed by atoms with Crippen molar-refractivity contribution in [3.8, 4) is 0 Å². The third-order valence-corrected chi connectivity index (χ3v) is 2.84. The van der Waals surface area contributed by atoms with Gasteiger partial charge < -0.3 is 14.6 Å². The summed E-state index contributed by atoms with van der Waals surface area (Å²) in [5, 5.41) is 9.46. The van der Waals surface area contributed by atoms with E-state index < -0.39 is 6.10 Å². The molecule has 0 aromatic carbocycles. The van der Waals surface area contributed by atoms with Crippen LogP contribution in [-0.2, 0) is 14.3 Å². The molecule has 1 aliphatic carbocycles. The van der Waals surface area contributed by atoms with E-state index in [4.69, 9.17) is 9.47 Å². The van der Waals surface area contributed by atoms with Crippen molar-refractivity contribution in [2.45, 2.75) is 31.3 Å². The van der Waals surface area contributed by atoms with Gasteiger partial charge in [-0.25, -0.2) is 0 Å². The number of esters is 1. The number of epoxide rings is 1. The molecule has 1 aliphatic heterocycles. The molecule has 0 unspecified atom stereocenters. The first kappa shape index (κ1) is 9.18. The lowest BCUT2D eigenvalue weighted by Crippen LogP contribution is -2.31. The molecular formula is C8H9BrO4. The normalized spacial score (nSPS) is 41.9. The number of ether oxygens (including phenoxy) is 2. The van der Waals surface area contributed by atoms with Gasteiger partial charge >= 0.3 is 5.97 Å². The van der Waals surface area contributed by atoms with E-state index >= 15 is 0 Å². The number of carbonyl (C=O) groups excluding carboxylic acids is 1. The minimum absolute atomic E-state index is 0.166. The summed E-state index contributed by atoms with van der Waals surface area (Å²) in [4.78, 5) is 10.7. The molecule has 72 valence electrons. The SMILES string of the molecule is CC(=O)O[C@H]1C=C(Br)[C@@H](O)[C@H]2O[C@H]21. The number of carbonyl (C=O) groups is 1. The quantitative estimate of drug-likeness (QED) is 0.537. The van der Waals surface area contributed by atoms with Crippen LogP contribution in [0.5, 0.6) is 0 Å². The van der Waals surface area contributed by atoms with Crippen LogP contribution in [0.1, 0.15) is 6.92 Å². The number of aliphatic hydroxyl groups is 1. The van der Waals surface area contributed by atoms with Gasteiger partial charge in [-0.05, 0) is 6.08 Å². The summed E-state index contributed by atoms with van der Waals surface area (Å²) in [7, 11) is 0. The molecule has 0 spiro atoms. The van der Waals surface area contributed by atoms with Gasteiger partial charge in [-0.1, -0.05) is 15.9 Å². The highest BCUT2D eigenvalue weighted by Gasteiger charge is 2.54. The molecule has 0 aromatic heterocycles. The van der Waals surface area contributed by atoms with Crippen LogP contribution < -0.4 is 0 Å². The van der Waals surface area contributed by atoms with Crippen molar-refractivity contribution in [2.75, 3.05) is 0 Å². The number of halogens is 1. The van der Waals surface area contributed by atoms with E-state index in [1.54, 1.807) is 6.08 Å². The second-order valence-electron chi connectivity index (χ2n) is 3.14. The minimum atomic E-state index is -0.614. The summed E-state index contributed by atoms with van der Waals surface area (Å²) in [6.07, 6.45) is 0.307. The number of hydrogen-bond acceptors (Lipinski definition) is 4. The molecule has 5 heteroatoms. The molecule has 0 radical (unpaired) electrons. The summed E-state index contributed by atoms with van der Waals surface area (Å²) in [5.41, 5.74) is 0. The highest BCUT2D eigenvalue weighted by Crippen LogP contribution is 2.39. The van der Waals surface area contributed by atoms with Crippen LogP contribution in [0, 0.1) is 0 Å². The summed E-state index contributed by atoms with van der Waals surface area (Å²) in [6, 6.07) is 0. The first-order valence-electron chi connectivity index (χ1n) is 3.97. The Hall–Kier alpha value is -0.390. The molecule has 1 heterocycles. The molecule has 0 bridgehead atoms. The van der Waals surface area contributed by atoms with Gasteiger partial charge in [0.2, 0.25) is 0 Å². The molecule has 4 nitrogen and oxygen atoms in total. The monoisotopic (exact) mass is 248 g/mol. The molecule has 1 saturated heterocycles. The fourth-order valence-electron chi connectivity index (χ4n) is 1.45. The van der Waals surface area contributed by atoms with Crippen LogP contribution in [0.3, 0.4) is 0 Å². The Balaban J connectivity index is 2.09. The van der Waals surface area contributed by atoms with E-state index in [0.717, 1.165) is 0 Å². The van der Waals surface area contributed by atoms with Crippen molar-refractivity contribution in [1.29, 1.82) is 0 Å². The molecule has 0 amide bonds. The molecule has 4 atom stereocenters. The molecule has 1 N–H and O–H groups in total. The van der Waals surface area contributed by atoms with Crippen molar-refractivity contribution in [3.63, 3.8) is 0 Å². The number of fused-ring (bicyclic) bond motifs is 1. The van der Waals surface area contributed by atoms with Gasteiger partial charge in [0.05, 0.1) is 0 Å². The Morgan fingerprint density at radius 1 is 1.69 bits per heavy atom. The largest absolute Gasteiger partial charge is 0.455 e. The predicted octanol–water partition coefficient (Wildman–Crippen LogP) is 0.339. The highest BCUT2D eigenvalue weighted by molar-refractivity contribution is 9.11. The average molecular weight is 249 g/mol. The van der Waals surface area contributed by atoms with Crippen molar-refractivity contribution in [2.24, 2.45) is 0 Å². The zero-order valence-corrected chi connectivity index (χ0v) is 8.52. The molecule has 2 rings (SSSR count). The molecule has 1 fully saturated rings. The molecular weight excluding hydrogens is 240 g/mol. The maximum absolute atomic E-state index is 10.7. The van der Waals surface area contributed by atoms with Crippen LogP contribution in [0.15, 0.2) is 10.6 Å². The maximum atomic E-state index is 10.7. The molecule has 2 aliphatic rings. The zero-order valence-electron chi connectivity index (χ0n) is 6.94. The first-order valence-corrected chi connectivity index (χ1v) is 4.77. The van der Waals surface area contributed by atoms with E-state index in [0.29, 0.717) is 4.48 Å². The van der Waals surface area contributed by atoms with E-state index in [-0.39, 0.29) is 24.3 Å². The Kier molecular flexibility index (Phi) is 2.17. The predicted molar refractivity (Wildman–Crippen MR) is 47.2 cm³/mol. The third-order valence-electron chi connectivity index (χ3n) is 2.10. The van der Waals surface area contributed by atoms with Crippen molar-refractivity contribution in [3.05, 3.63) is 10.6 Å². The Bertz CT molecular complexity index is 275. The lowest BCUT2D eigenvalue weighted by atomic mass is 10.0. The summed E-state index contributed by atoms with van der Waals surface area (Å²) in [6.45, 7) is 1.35. The lowest BCUT2D eigenvalue weighted by molar-refractivity contribution is -0.145. The van der Waals surface area contributed by atoms with Crippen LogP contribution >= 0.6 is 15.9 Å². The van der Waals surface area contributed by atoms with E-state index in [1.807, 2.05) is 0 Å². The average Bonchev–Trinajstić information content (AvgIpc) is 2.77. The summed E-state index contributed by atoms with van der Waals surface area (Å²) >= 11 is 3.19. The Morgan fingerprint density at radius 3 is 3.00 bits per heavy atom. The van der Waals surface area contributed by atoms with Crippen molar-refractivity contribution >= 4 is 21.9 Å². The summed E-state index contributed by atoms with van der Waals surface area (Å²) < 4.78 is 10.8. The van der Waals surface area contributed by atoms with E-state index in [9.17, 15) is 9.90 Å². The minimum Gasteiger partial charge on any atom is -0.455 e. The zero-order chi connectivity index (χ0) is 9.59. The second-order valence-corrected chi connectivity index (χ2v) is 4.05. The third kappa shape index (κ3) is 1.63. The van der Waals surface area contributed by atoms with Gasteiger partial charge in [-0.15, -0.1) is 0 Å². The van der Waals surface area contributed by atoms with Crippen molar-refractivity contribution < 1.29 is 19.4 Å². The molecule has 0 saturated carbocycles. The lowest BCUT2D eigenvalue weighted by Gasteiger charge is -2.18. The van der Waals surface area contributed by atoms with E-state index in [2.05, 4.69) is 15.9 Å². The maximum Gasteiger partial charge on any atom is 0.303 e. The fraction of sp³-hybridized carbons (Fsp3) is 0.625. The van der Waals surface area contributed by atoms with Crippen LogP contribution in [0.4, 0.5) is 0 Å². The smallest absolute Gasteiger partial charge is 0.303 e. The molecule has 13 heavy (non-hydrogen) atoms. The summed E-state index contributed by atoms with van der Waals surface area (Å²) in [5.74, 6) is -0.341. The van der Waals surface area contributed by atoms with Gasteiger partial charge in [-0.3, -0.25) is 4.79 Å². The van der Waals surface area contributed by atoms with Crippen LogP contribution in [-0.4, -0.2) is 35.5 Å². The van der Waals surface area contributed by atoms with Gasteiger partial charge in [0.15, 0.2) is 0 Å². The Labute approximate surface area is 83.6 Å². The number of rotatable bonds is 1. The Morgan fingerprint density at radius 2 is 2.38 bits per heavy atom. The van der Waals surface area contributed by atoms with Gasteiger partial charge in [0.25, 0.3) is 0 Å². The van der Waals surface area contributed by atoms with Crippen LogP contribution in [0.2, 0.25) is 0 Å². The van der Waals surface area contributed by atoms with Gasteiger partial charge in [0.1, 0.15) is 24.4 Å². The highest BCUT2D eigenvalue weighted by atomic mass is 79.9. The van der Waals surface area contributed by atoms with Gasteiger partial charge in [0, 0.05) is 11.4 Å². The van der Waals surface area contributed by atoms with E-state index in [1.165, 1.54) is 6.92 Å². The van der Waals surface area contributed by atoms with Gasteiger partial charge in [-0.2, -0.15) is 0 Å².